The predicted octanol–water partition coefficient (Wildman–Crippen LogP) is 3.12. The van der Waals surface area contributed by atoms with Crippen LogP contribution in [-0.4, -0.2) is 30.2 Å². The van der Waals surface area contributed by atoms with Gasteiger partial charge in [0, 0.05) is 30.4 Å². The molecule has 27 heavy (non-hydrogen) atoms. The average molecular weight is 365 g/mol. The van der Waals surface area contributed by atoms with E-state index in [1.165, 1.54) is 0 Å². The summed E-state index contributed by atoms with van der Waals surface area (Å²) in [4.78, 5) is 14.3. The first kappa shape index (κ1) is 18.0. The first-order chi connectivity index (χ1) is 13.2. The Morgan fingerprint density at radius 3 is 2.70 bits per heavy atom. The lowest BCUT2D eigenvalue weighted by molar-refractivity contribution is -0.117. The average Bonchev–Trinajstić information content (AvgIpc) is 3.45. The summed E-state index contributed by atoms with van der Waals surface area (Å²) in [5, 5.41) is 12.6. The molecule has 1 heterocycles. The van der Waals surface area contributed by atoms with E-state index >= 15 is 0 Å². The fourth-order valence-corrected chi connectivity index (χ4v) is 3.92. The highest BCUT2D eigenvalue weighted by Crippen LogP contribution is 2.33. The van der Waals surface area contributed by atoms with Gasteiger partial charge in [0.1, 0.15) is 0 Å². The Bertz CT molecular complexity index is 832. The molecule has 2 aliphatic rings. The van der Waals surface area contributed by atoms with Crippen LogP contribution in [0.3, 0.4) is 0 Å². The van der Waals surface area contributed by atoms with Gasteiger partial charge in [0.05, 0.1) is 12.6 Å². The second-order valence-electron chi connectivity index (χ2n) is 7.56. The van der Waals surface area contributed by atoms with Crippen molar-refractivity contribution >= 4 is 17.3 Å². The second kappa shape index (κ2) is 7.71. The summed E-state index contributed by atoms with van der Waals surface area (Å²) in [7, 11) is 0. The third kappa shape index (κ3) is 3.84. The van der Waals surface area contributed by atoms with Crippen LogP contribution < -0.4 is 16.0 Å². The van der Waals surface area contributed by atoms with Gasteiger partial charge in [-0.25, -0.2) is 0 Å². The second-order valence-corrected chi connectivity index (χ2v) is 7.56. The van der Waals surface area contributed by atoms with Crippen LogP contribution >= 0.6 is 0 Å². The number of aliphatic hydroxyl groups excluding tert-OH is 1. The highest BCUT2D eigenvalue weighted by Gasteiger charge is 2.29. The fourth-order valence-electron chi connectivity index (χ4n) is 3.92. The molecule has 1 aliphatic heterocycles. The van der Waals surface area contributed by atoms with Gasteiger partial charge < -0.3 is 21.1 Å². The van der Waals surface area contributed by atoms with E-state index in [0.29, 0.717) is 6.54 Å². The quantitative estimate of drug-likeness (QED) is 0.735. The maximum Gasteiger partial charge on any atom is 0.227 e. The molecule has 1 saturated carbocycles. The fraction of sp³-hybridized carbons (Fsp3) is 0.409. The van der Waals surface area contributed by atoms with Gasteiger partial charge in [0.25, 0.3) is 0 Å². The summed E-state index contributed by atoms with van der Waals surface area (Å²) in [6.45, 7) is 1.59. The zero-order valence-corrected chi connectivity index (χ0v) is 15.5. The van der Waals surface area contributed by atoms with Crippen molar-refractivity contribution in [1.82, 2.24) is 0 Å². The molecule has 1 amide bonds. The molecule has 5 nitrogen and oxygen atoms in total. The van der Waals surface area contributed by atoms with Gasteiger partial charge in [-0.05, 0) is 66.6 Å². The Hall–Kier alpha value is -2.37. The number of carbonyl (C=O) groups excluding carboxylic acids is 1. The number of nitrogens with zero attached hydrogens (tertiary/aromatic N) is 1. The van der Waals surface area contributed by atoms with E-state index < -0.39 is 0 Å². The zero-order valence-electron chi connectivity index (χ0n) is 15.5. The maximum atomic E-state index is 12.0. The molecule has 4 rings (SSSR count). The van der Waals surface area contributed by atoms with Crippen LogP contribution in [0.5, 0.6) is 0 Å². The van der Waals surface area contributed by atoms with E-state index in [2.05, 4.69) is 34.5 Å². The summed E-state index contributed by atoms with van der Waals surface area (Å²) in [6.07, 6.45) is 4.11. The normalized spacial score (nSPS) is 19.3. The number of amides is 1. The molecule has 4 N–H and O–H groups in total. The van der Waals surface area contributed by atoms with Crippen molar-refractivity contribution in [3.63, 3.8) is 0 Å². The van der Waals surface area contributed by atoms with Crippen LogP contribution in [0.2, 0.25) is 0 Å². The SMILES string of the molecule is NCc1cc(-c2cccc(NC(=O)C3CC3)c2)ccc1N1CCC[C@H]1CO. The highest BCUT2D eigenvalue weighted by molar-refractivity contribution is 5.94. The maximum absolute atomic E-state index is 12.0. The van der Waals surface area contributed by atoms with Crippen LogP contribution in [0.1, 0.15) is 31.2 Å². The number of aliphatic hydroxyl groups is 1. The number of hydrogen-bond donors (Lipinski definition) is 3. The molecule has 142 valence electrons. The van der Waals surface area contributed by atoms with Crippen molar-refractivity contribution in [3.8, 4) is 11.1 Å². The Labute approximate surface area is 160 Å². The molecule has 0 unspecified atom stereocenters. The number of benzene rings is 2. The summed E-state index contributed by atoms with van der Waals surface area (Å²) in [6, 6.07) is 14.5. The molecule has 0 bridgehead atoms. The Morgan fingerprint density at radius 2 is 1.96 bits per heavy atom. The van der Waals surface area contributed by atoms with Gasteiger partial charge in [-0.1, -0.05) is 18.2 Å². The standard InChI is InChI=1S/C22H27N3O2/c23-13-18-11-17(8-9-21(18)25-10-2-5-20(25)14-26)16-3-1-4-19(12-16)24-22(27)15-6-7-15/h1,3-4,8-9,11-12,15,20,26H,2,5-7,10,13-14,23H2,(H,24,27)/t20-/m0/s1. The smallest absolute Gasteiger partial charge is 0.227 e. The van der Waals surface area contributed by atoms with E-state index in [1.807, 2.05) is 18.2 Å². The lowest BCUT2D eigenvalue weighted by atomic mass is 10.0. The van der Waals surface area contributed by atoms with E-state index in [0.717, 1.165) is 60.3 Å². The van der Waals surface area contributed by atoms with Gasteiger partial charge in [-0.3, -0.25) is 4.79 Å². The molecule has 0 radical (unpaired) electrons. The molecule has 0 aromatic heterocycles. The minimum atomic E-state index is 0.120. The molecule has 1 aliphatic carbocycles. The largest absolute Gasteiger partial charge is 0.394 e. The van der Waals surface area contributed by atoms with Gasteiger partial charge in [0.15, 0.2) is 0 Å². The summed E-state index contributed by atoms with van der Waals surface area (Å²) in [5.41, 5.74) is 11.2. The van der Waals surface area contributed by atoms with E-state index in [9.17, 15) is 9.90 Å². The number of hydrogen-bond acceptors (Lipinski definition) is 4. The molecule has 1 saturated heterocycles. The highest BCUT2D eigenvalue weighted by atomic mass is 16.3. The van der Waals surface area contributed by atoms with Crippen molar-refractivity contribution < 1.29 is 9.90 Å². The van der Waals surface area contributed by atoms with Crippen LogP contribution in [0.25, 0.3) is 11.1 Å². The summed E-state index contributed by atoms with van der Waals surface area (Å²) < 4.78 is 0. The number of anilines is 2. The molecular formula is C22H27N3O2. The number of carbonyl (C=O) groups is 1. The van der Waals surface area contributed by atoms with E-state index in [-0.39, 0.29) is 24.5 Å². The van der Waals surface area contributed by atoms with Gasteiger partial charge in [-0.15, -0.1) is 0 Å². The van der Waals surface area contributed by atoms with Crippen molar-refractivity contribution in [2.45, 2.75) is 38.3 Å². The number of nitrogens with two attached hydrogens (primary N) is 1. The number of nitrogens with one attached hydrogen (secondary N) is 1. The molecule has 2 aromatic carbocycles. The number of rotatable bonds is 6. The lowest BCUT2D eigenvalue weighted by Crippen LogP contribution is -2.33. The summed E-state index contributed by atoms with van der Waals surface area (Å²) >= 11 is 0. The van der Waals surface area contributed by atoms with Crippen molar-refractivity contribution in [2.75, 3.05) is 23.4 Å². The minimum Gasteiger partial charge on any atom is -0.394 e. The van der Waals surface area contributed by atoms with Crippen molar-refractivity contribution in [2.24, 2.45) is 11.7 Å². The monoisotopic (exact) mass is 365 g/mol. The van der Waals surface area contributed by atoms with E-state index in [4.69, 9.17) is 5.73 Å². The van der Waals surface area contributed by atoms with Gasteiger partial charge >= 0.3 is 0 Å². The van der Waals surface area contributed by atoms with Crippen LogP contribution in [0.4, 0.5) is 11.4 Å². The topological polar surface area (TPSA) is 78.6 Å². The van der Waals surface area contributed by atoms with Crippen LogP contribution in [-0.2, 0) is 11.3 Å². The van der Waals surface area contributed by atoms with Crippen molar-refractivity contribution in [3.05, 3.63) is 48.0 Å². The predicted molar refractivity (Wildman–Crippen MR) is 109 cm³/mol. The zero-order chi connectivity index (χ0) is 18.8. The van der Waals surface area contributed by atoms with Gasteiger partial charge in [0.2, 0.25) is 5.91 Å². The minimum absolute atomic E-state index is 0.120. The van der Waals surface area contributed by atoms with Gasteiger partial charge in [-0.2, -0.15) is 0 Å². The van der Waals surface area contributed by atoms with Crippen molar-refractivity contribution in [1.29, 1.82) is 0 Å². The molecule has 0 spiro atoms. The Balaban J connectivity index is 1.59. The lowest BCUT2D eigenvalue weighted by Gasteiger charge is -2.28. The molecule has 1 atom stereocenters. The van der Waals surface area contributed by atoms with E-state index in [1.54, 1.807) is 0 Å². The third-order valence-electron chi connectivity index (χ3n) is 5.61. The summed E-state index contributed by atoms with van der Waals surface area (Å²) in [5.74, 6) is 0.311. The van der Waals surface area contributed by atoms with Crippen LogP contribution in [0, 0.1) is 5.92 Å². The Morgan fingerprint density at radius 1 is 1.15 bits per heavy atom. The molecule has 5 heteroatoms. The molecule has 2 fully saturated rings. The first-order valence-corrected chi connectivity index (χ1v) is 9.81. The van der Waals surface area contributed by atoms with Crippen LogP contribution in [0.15, 0.2) is 42.5 Å². The third-order valence-corrected chi connectivity index (χ3v) is 5.61. The first-order valence-electron chi connectivity index (χ1n) is 9.81. The molecular weight excluding hydrogens is 338 g/mol. The Kier molecular flexibility index (Phi) is 5.14. The molecule has 2 aromatic rings.